The number of carboxylic acids is 1. The minimum Gasteiger partial charge on any atom is -0.481 e. The summed E-state index contributed by atoms with van der Waals surface area (Å²) in [6.45, 7) is 3.25. The highest BCUT2D eigenvalue weighted by Crippen LogP contribution is 2.44. The van der Waals surface area contributed by atoms with Crippen LogP contribution in [0.4, 0.5) is 4.79 Å². The Balaban J connectivity index is 1.33. The van der Waals surface area contributed by atoms with Crippen molar-refractivity contribution in [3.05, 3.63) is 59.7 Å². The molecule has 1 fully saturated rings. The van der Waals surface area contributed by atoms with Gasteiger partial charge in [0.2, 0.25) is 5.91 Å². The minimum atomic E-state index is -0.819. The predicted molar refractivity (Wildman–Crippen MR) is 124 cm³/mol. The maximum absolute atomic E-state index is 12.9. The summed E-state index contributed by atoms with van der Waals surface area (Å²) < 4.78 is 5.60. The molecule has 7 heteroatoms. The van der Waals surface area contributed by atoms with E-state index in [9.17, 15) is 14.4 Å². The lowest BCUT2D eigenvalue weighted by molar-refractivity contribution is -0.141. The van der Waals surface area contributed by atoms with Crippen LogP contribution in [0.25, 0.3) is 11.1 Å². The van der Waals surface area contributed by atoms with Crippen LogP contribution in [0.2, 0.25) is 0 Å². The molecule has 1 aliphatic heterocycles. The number of benzene rings is 2. The number of likely N-dealkylation sites (tertiary alicyclic amines) is 1. The van der Waals surface area contributed by atoms with Crippen LogP contribution in [0.1, 0.15) is 49.7 Å². The monoisotopic (exact) mass is 450 g/mol. The van der Waals surface area contributed by atoms with Gasteiger partial charge < -0.3 is 20.1 Å². The highest BCUT2D eigenvalue weighted by atomic mass is 16.5. The van der Waals surface area contributed by atoms with Crippen LogP contribution in [0.5, 0.6) is 0 Å². The van der Waals surface area contributed by atoms with Crippen LogP contribution in [0.15, 0.2) is 48.5 Å². The molecule has 1 unspecified atom stereocenters. The number of ether oxygens (including phenoxy) is 1. The van der Waals surface area contributed by atoms with Crippen LogP contribution in [0.3, 0.4) is 0 Å². The molecule has 0 bridgehead atoms. The number of hydrogen-bond acceptors (Lipinski definition) is 4. The van der Waals surface area contributed by atoms with Crippen LogP contribution in [-0.2, 0) is 14.3 Å². The van der Waals surface area contributed by atoms with Gasteiger partial charge in [0.25, 0.3) is 0 Å². The first kappa shape index (κ1) is 22.8. The summed E-state index contributed by atoms with van der Waals surface area (Å²) in [6, 6.07) is 15.7. The average molecular weight is 451 g/mol. The molecule has 2 aliphatic rings. The molecular formula is C26H30N2O5. The second-order valence-electron chi connectivity index (χ2n) is 8.85. The SMILES string of the molecule is CCCC(NC(=O)OCC1c2ccccc2-c2ccccc21)C(=O)N1CC(CCC(=O)O)C1. The molecular weight excluding hydrogens is 420 g/mol. The second-order valence-corrected chi connectivity index (χ2v) is 8.85. The number of nitrogens with zero attached hydrogens (tertiary/aromatic N) is 1. The number of carbonyl (C=O) groups excluding carboxylic acids is 2. The molecule has 33 heavy (non-hydrogen) atoms. The molecule has 2 N–H and O–H groups in total. The lowest BCUT2D eigenvalue weighted by atomic mass is 9.93. The summed E-state index contributed by atoms with van der Waals surface area (Å²) in [4.78, 5) is 37.9. The fourth-order valence-corrected chi connectivity index (χ4v) is 4.81. The Labute approximate surface area is 193 Å². The number of amides is 2. The van der Waals surface area contributed by atoms with Gasteiger partial charge >= 0.3 is 12.1 Å². The number of alkyl carbamates (subject to hydrolysis) is 1. The molecule has 1 atom stereocenters. The van der Waals surface area contributed by atoms with E-state index in [4.69, 9.17) is 9.84 Å². The predicted octanol–water partition coefficient (Wildman–Crippen LogP) is 4.02. The van der Waals surface area contributed by atoms with E-state index >= 15 is 0 Å². The van der Waals surface area contributed by atoms with Crippen molar-refractivity contribution in [2.45, 2.75) is 44.6 Å². The Morgan fingerprint density at radius 1 is 1.06 bits per heavy atom. The molecule has 0 radical (unpaired) electrons. The van der Waals surface area contributed by atoms with Gasteiger partial charge in [-0.2, -0.15) is 0 Å². The van der Waals surface area contributed by atoms with Crippen molar-refractivity contribution in [1.82, 2.24) is 10.2 Å². The lowest BCUT2D eigenvalue weighted by Crippen LogP contribution is -2.57. The molecule has 2 aromatic carbocycles. The fourth-order valence-electron chi connectivity index (χ4n) is 4.81. The van der Waals surface area contributed by atoms with Crippen molar-refractivity contribution >= 4 is 18.0 Å². The van der Waals surface area contributed by atoms with E-state index in [2.05, 4.69) is 29.6 Å². The zero-order valence-electron chi connectivity index (χ0n) is 18.8. The smallest absolute Gasteiger partial charge is 0.407 e. The third-order valence-corrected chi connectivity index (χ3v) is 6.55. The van der Waals surface area contributed by atoms with Gasteiger partial charge in [-0.1, -0.05) is 61.9 Å². The molecule has 174 valence electrons. The fraction of sp³-hybridized carbons (Fsp3) is 0.423. The zero-order chi connectivity index (χ0) is 23.4. The van der Waals surface area contributed by atoms with Crippen LogP contribution < -0.4 is 5.32 Å². The van der Waals surface area contributed by atoms with Crippen LogP contribution in [0, 0.1) is 5.92 Å². The highest BCUT2D eigenvalue weighted by molar-refractivity contribution is 5.86. The normalized spacial score (nSPS) is 15.8. The van der Waals surface area contributed by atoms with Crippen molar-refractivity contribution in [1.29, 1.82) is 0 Å². The Hall–Kier alpha value is -3.35. The molecule has 0 spiro atoms. The largest absolute Gasteiger partial charge is 0.481 e. The molecule has 1 aliphatic carbocycles. The van der Waals surface area contributed by atoms with E-state index in [1.54, 1.807) is 4.90 Å². The maximum Gasteiger partial charge on any atom is 0.407 e. The number of carboxylic acid groups (broad SMARTS) is 1. The molecule has 2 aromatic rings. The van der Waals surface area contributed by atoms with Gasteiger partial charge in [0, 0.05) is 25.4 Å². The molecule has 2 amide bonds. The van der Waals surface area contributed by atoms with Gasteiger partial charge in [-0.3, -0.25) is 9.59 Å². The Morgan fingerprint density at radius 3 is 2.24 bits per heavy atom. The van der Waals surface area contributed by atoms with E-state index in [0.29, 0.717) is 25.9 Å². The molecule has 4 rings (SSSR count). The van der Waals surface area contributed by atoms with Crippen LogP contribution in [-0.4, -0.2) is 53.7 Å². The van der Waals surface area contributed by atoms with E-state index < -0.39 is 18.1 Å². The van der Waals surface area contributed by atoms with Gasteiger partial charge in [0.1, 0.15) is 12.6 Å². The third-order valence-electron chi connectivity index (χ3n) is 6.55. The summed E-state index contributed by atoms with van der Waals surface area (Å²) in [5.74, 6) is -0.770. The van der Waals surface area contributed by atoms with Gasteiger partial charge in [0.05, 0.1) is 0 Å². The summed E-state index contributed by atoms with van der Waals surface area (Å²) in [6.07, 6.45) is 1.36. The number of nitrogens with one attached hydrogen (secondary N) is 1. The number of carbonyl (C=O) groups is 3. The van der Waals surface area contributed by atoms with E-state index in [0.717, 1.165) is 28.7 Å². The van der Waals surface area contributed by atoms with E-state index in [1.165, 1.54) is 0 Å². The lowest BCUT2D eigenvalue weighted by Gasteiger charge is -2.41. The Bertz CT molecular complexity index is 985. The van der Waals surface area contributed by atoms with Crippen molar-refractivity contribution in [2.24, 2.45) is 5.92 Å². The van der Waals surface area contributed by atoms with Crippen molar-refractivity contribution in [3.8, 4) is 11.1 Å². The minimum absolute atomic E-state index is 0.0335. The van der Waals surface area contributed by atoms with Gasteiger partial charge in [-0.05, 0) is 41.0 Å². The maximum atomic E-state index is 12.9. The van der Waals surface area contributed by atoms with Crippen molar-refractivity contribution in [3.63, 3.8) is 0 Å². The number of rotatable bonds is 9. The Morgan fingerprint density at radius 2 is 1.67 bits per heavy atom. The molecule has 0 aromatic heterocycles. The molecule has 1 saturated heterocycles. The number of fused-ring (bicyclic) bond motifs is 3. The first-order chi connectivity index (χ1) is 16.0. The first-order valence-electron chi connectivity index (χ1n) is 11.6. The quantitative estimate of drug-likeness (QED) is 0.602. The second kappa shape index (κ2) is 10.1. The summed E-state index contributed by atoms with van der Waals surface area (Å²) in [5.41, 5.74) is 4.61. The van der Waals surface area contributed by atoms with E-state index in [1.807, 2.05) is 31.2 Å². The summed E-state index contributed by atoms with van der Waals surface area (Å²) in [7, 11) is 0. The van der Waals surface area contributed by atoms with Gasteiger partial charge in [-0.25, -0.2) is 4.79 Å². The van der Waals surface area contributed by atoms with Gasteiger partial charge in [-0.15, -0.1) is 0 Å². The third kappa shape index (κ3) is 5.02. The molecule has 0 saturated carbocycles. The number of hydrogen-bond donors (Lipinski definition) is 2. The standard InChI is InChI=1S/C26H30N2O5/c1-2-7-23(25(31)28-14-17(15-28)12-13-24(29)30)27-26(32)33-16-22-20-10-5-3-8-18(20)19-9-4-6-11-21(19)22/h3-6,8-11,17,22-23H,2,7,12-16H2,1H3,(H,27,32)(H,29,30). The number of aliphatic carboxylic acids is 1. The molecule has 7 nitrogen and oxygen atoms in total. The Kier molecular flexibility index (Phi) is 6.96. The molecule has 1 heterocycles. The van der Waals surface area contributed by atoms with Crippen LogP contribution >= 0.6 is 0 Å². The van der Waals surface area contributed by atoms with Crippen molar-refractivity contribution < 1.29 is 24.2 Å². The first-order valence-corrected chi connectivity index (χ1v) is 11.6. The summed E-state index contributed by atoms with van der Waals surface area (Å²) in [5, 5.41) is 11.6. The van der Waals surface area contributed by atoms with Crippen molar-refractivity contribution in [2.75, 3.05) is 19.7 Å². The zero-order valence-corrected chi connectivity index (χ0v) is 18.8. The topological polar surface area (TPSA) is 95.9 Å². The summed E-state index contributed by atoms with van der Waals surface area (Å²) >= 11 is 0. The average Bonchev–Trinajstić information content (AvgIpc) is 3.10. The highest BCUT2D eigenvalue weighted by Gasteiger charge is 2.35. The van der Waals surface area contributed by atoms with Gasteiger partial charge in [0.15, 0.2) is 0 Å². The van der Waals surface area contributed by atoms with E-state index in [-0.39, 0.29) is 30.8 Å².